The van der Waals surface area contributed by atoms with E-state index in [0.717, 1.165) is 43.2 Å². The summed E-state index contributed by atoms with van der Waals surface area (Å²) in [5, 5.41) is 5.04. The fourth-order valence-corrected chi connectivity index (χ4v) is 5.33. The van der Waals surface area contributed by atoms with Gasteiger partial charge in [0, 0.05) is 17.3 Å². The van der Waals surface area contributed by atoms with E-state index in [2.05, 4.69) is 26.1 Å². The Morgan fingerprint density at radius 2 is 2.15 bits per heavy atom. The lowest BCUT2D eigenvalue weighted by atomic mass is 9.89. The molecule has 0 amide bonds. The third kappa shape index (κ3) is 2.94. The minimum absolute atomic E-state index is 0.720. The van der Waals surface area contributed by atoms with Crippen molar-refractivity contribution >= 4 is 11.3 Å². The van der Waals surface area contributed by atoms with Crippen molar-refractivity contribution in [1.82, 2.24) is 10.3 Å². The van der Waals surface area contributed by atoms with Crippen molar-refractivity contribution in [2.24, 2.45) is 17.8 Å². The Bertz CT molecular complexity index is 452. The van der Waals surface area contributed by atoms with Gasteiger partial charge < -0.3 is 5.32 Å². The maximum Gasteiger partial charge on any atom is 0.0965 e. The fraction of sp³-hybridized carbons (Fsp3) is 0.824. The van der Waals surface area contributed by atoms with E-state index in [1.807, 2.05) is 11.3 Å². The highest BCUT2D eigenvalue weighted by Crippen LogP contribution is 2.53. The first-order valence-corrected chi connectivity index (χ1v) is 9.18. The maximum absolute atomic E-state index is 5.01. The summed E-state index contributed by atoms with van der Waals surface area (Å²) in [6, 6.07) is 0. The number of fused-ring (bicyclic) bond motifs is 2. The fourth-order valence-electron chi connectivity index (χ4n) is 4.00. The molecule has 0 aromatic carbocycles. The Kier molecular flexibility index (Phi) is 4.46. The van der Waals surface area contributed by atoms with Crippen LogP contribution in [-0.4, -0.2) is 11.5 Å². The predicted octanol–water partition coefficient (Wildman–Crippen LogP) is 4.35. The van der Waals surface area contributed by atoms with Crippen molar-refractivity contribution in [3.63, 3.8) is 0 Å². The van der Waals surface area contributed by atoms with Gasteiger partial charge in [-0.15, -0.1) is 11.3 Å². The van der Waals surface area contributed by atoms with Gasteiger partial charge in [0.2, 0.25) is 0 Å². The van der Waals surface area contributed by atoms with Gasteiger partial charge in [-0.1, -0.05) is 27.2 Å². The van der Waals surface area contributed by atoms with Crippen LogP contribution in [0, 0.1) is 17.8 Å². The zero-order valence-electron chi connectivity index (χ0n) is 13.1. The zero-order valence-corrected chi connectivity index (χ0v) is 13.9. The van der Waals surface area contributed by atoms with Gasteiger partial charge in [0.1, 0.15) is 0 Å². The summed E-state index contributed by atoms with van der Waals surface area (Å²) in [5.74, 6) is 3.48. The molecule has 0 aliphatic heterocycles. The van der Waals surface area contributed by atoms with E-state index in [0.29, 0.717) is 0 Å². The van der Waals surface area contributed by atoms with E-state index >= 15 is 0 Å². The van der Waals surface area contributed by atoms with E-state index < -0.39 is 0 Å². The molecule has 2 bridgehead atoms. The van der Waals surface area contributed by atoms with Gasteiger partial charge in [0.25, 0.3) is 0 Å². The predicted molar refractivity (Wildman–Crippen MR) is 86.2 cm³/mol. The van der Waals surface area contributed by atoms with Gasteiger partial charge in [-0.2, -0.15) is 0 Å². The van der Waals surface area contributed by atoms with Crippen LogP contribution in [0.5, 0.6) is 0 Å². The number of nitrogens with one attached hydrogen (secondary N) is 1. The third-order valence-corrected chi connectivity index (χ3v) is 6.25. The highest BCUT2D eigenvalue weighted by Gasteiger charge is 2.41. The lowest BCUT2D eigenvalue weighted by molar-refractivity contribution is 0.418. The molecule has 2 aliphatic rings. The molecule has 0 spiro atoms. The first-order chi connectivity index (χ1) is 9.67. The second-order valence-corrected chi connectivity index (χ2v) is 8.20. The van der Waals surface area contributed by atoms with Crippen LogP contribution in [0.15, 0.2) is 0 Å². The molecule has 112 valence electrons. The van der Waals surface area contributed by atoms with Crippen molar-refractivity contribution in [3.8, 4) is 0 Å². The Morgan fingerprint density at radius 1 is 1.30 bits per heavy atom. The molecule has 3 unspecified atom stereocenters. The SMILES string of the molecule is CCc1nc(C2CC3CCC2C3)sc1CNCC(C)C. The molecule has 1 N–H and O–H groups in total. The molecule has 1 aromatic heterocycles. The van der Waals surface area contributed by atoms with Crippen molar-refractivity contribution < 1.29 is 0 Å². The molecule has 1 heterocycles. The van der Waals surface area contributed by atoms with Crippen LogP contribution < -0.4 is 5.32 Å². The molecule has 2 aliphatic carbocycles. The van der Waals surface area contributed by atoms with E-state index in [9.17, 15) is 0 Å². The van der Waals surface area contributed by atoms with Gasteiger partial charge >= 0.3 is 0 Å². The largest absolute Gasteiger partial charge is 0.312 e. The second-order valence-electron chi connectivity index (χ2n) is 7.08. The van der Waals surface area contributed by atoms with Crippen molar-refractivity contribution in [3.05, 3.63) is 15.6 Å². The Morgan fingerprint density at radius 3 is 2.75 bits per heavy atom. The summed E-state index contributed by atoms with van der Waals surface area (Å²) < 4.78 is 0. The standard InChI is InChI=1S/C17H28N2S/c1-4-15-16(10-18-9-11(2)3)20-17(19-15)14-8-12-5-6-13(14)7-12/h11-14,18H,4-10H2,1-3H3. The van der Waals surface area contributed by atoms with Crippen LogP contribution in [-0.2, 0) is 13.0 Å². The minimum atomic E-state index is 0.720. The van der Waals surface area contributed by atoms with E-state index in [1.54, 1.807) is 0 Å². The topological polar surface area (TPSA) is 24.9 Å². The van der Waals surface area contributed by atoms with Crippen LogP contribution in [0.2, 0.25) is 0 Å². The first-order valence-electron chi connectivity index (χ1n) is 8.36. The monoisotopic (exact) mass is 292 g/mol. The van der Waals surface area contributed by atoms with Crippen LogP contribution >= 0.6 is 11.3 Å². The lowest BCUT2D eigenvalue weighted by Crippen LogP contribution is -2.18. The Balaban J connectivity index is 1.68. The first kappa shape index (κ1) is 14.5. The Hall–Kier alpha value is -0.410. The van der Waals surface area contributed by atoms with Gasteiger partial charge in [-0.25, -0.2) is 4.98 Å². The summed E-state index contributed by atoms with van der Waals surface area (Å²) in [7, 11) is 0. The summed E-state index contributed by atoms with van der Waals surface area (Å²) in [4.78, 5) is 6.50. The average Bonchev–Trinajstić information content (AvgIpc) is 3.12. The lowest BCUT2D eigenvalue weighted by Gasteiger charge is -2.18. The van der Waals surface area contributed by atoms with Crippen molar-refractivity contribution in [1.29, 1.82) is 0 Å². The average molecular weight is 292 g/mol. The molecular formula is C17H28N2S. The quantitative estimate of drug-likeness (QED) is 0.843. The number of thiazole rings is 1. The van der Waals surface area contributed by atoms with Crippen LogP contribution in [0.4, 0.5) is 0 Å². The van der Waals surface area contributed by atoms with E-state index in [1.165, 1.54) is 41.3 Å². The normalized spacial score (nSPS) is 28.7. The van der Waals surface area contributed by atoms with Crippen molar-refractivity contribution in [2.75, 3.05) is 6.54 Å². The molecule has 20 heavy (non-hydrogen) atoms. The van der Waals surface area contributed by atoms with Crippen LogP contribution in [0.25, 0.3) is 0 Å². The third-order valence-electron chi connectivity index (χ3n) is 5.02. The van der Waals surface area contributed by atoms with Crippen LogP contribution in [0.1, 0.15) is 68.0 Å². The van der Waals surface area contributed by atoms with Gasteiger partial charge in [-0.3, -0.25) is 0 Å². The number of hydrogen-bond donors (Lipinski definition) is 1. The number of aromatic nitrogens is 1. The molecule has 0 saturated heterocycles. The van der Waals surface area contributed by atoms with Gasteiger partial charge in [-0.05, 0) is 50.0 Å². The summed E-state index contributed by atoms with van der Waals surface area (Å²) >= 11 is 2.00. The number of nitrogens with zero attached hydrogens (tertiary/aromatic N) is 1. The molecule has 3 atom stereocenters. The smallest absolute Gasteiger partial charge is 0.0965 e. The number of rotatable bonds is 6. The van der Waals surface area contributed by atoms with Crippen LogP contribution in [0.3, 0.4) is 0 Å². The summed E-state index contributed by atoms with van der Waals surface area (Å²) in [5.41, 5.74) is 1.35. The molecule has 2 saturated carbocycles. The molecule has 2 nitrogen and oxygen atoms in total. The zero-order chi connectivity index (χ0) is 14.1. The molecule has 0 radical (unpaired) electrons. The molecular weight excluding hydrogens is 264 g/mol. The number of hydrogen-bond acceptors (Lipinski definition) is 3. The maximum atomic E-state index is 5.01. The highest BCUT2D eigenvalue weighted by atomic mass is 32.1. The number of aryl methyl sites for hydroxylation is 1. The molecule has 2 fully saturated rings. The van der Waals surface area contributed by atoms with Gasteiger partial charge in [0.05, 0.1) is 10.7 Å². The minimum Gasteiger partial charge on any atom is -0.312 e. The highest BCUT2D eigenvalue weighted by molar-refractivity contribution is 7.11. The molecule has 3 heteroatoms. The van der Waals surface area contributed by atoms with Crippen molar-refractivity contribution in [2.45, 2.75) is 65.3 Å². The molecule has 3 rings (SSSR count). The Labute approximate surface area is 127 Å². The summed E-state index contributed by atoms with van der Waals surface area (Å²) in [6.07, 6.45) is 6.91. The molecule has 1 aromatic rings. The van der Waals surface area contributed by atoms with E-state index in [4.69, 9.17) is 4.98 Å². The second kappa shape index (κ2) is 6.15. The summed E-state index contributed by atoms with van der Waals surface area (Å²) in [6.45, 7) is 8.89. The van der Waals surface area contributed by atoms with E-state index in [-0.39, 0.29) is 0 Å². The van der Waals surface area contributed by atoms with Gasteiger partial charge in [0.15, 0.2) is 0 Å².